The van der Waals surface area contributed by atoms with E-state index in [4.69, 9.17) is 4.74 Å². The molecule has 24 heavy (non-hydrogen) atoms. The van der Waals surface area contributed by atoms with E-state index in [0.717, 1.165) is 12.1 Å². The molecule has 4 heterocycles. The van der Waals surface area contributed by atoms with Gasteiger partial charge in [-0.1, -0.05) is 5.92 Å². The van der Waals surface area contributed by atoms with Gasteiger partial charge in [0.15, 0.2) is 0 Å². The van der Waals surface area contributed by atoms with Gasteiger partial charge in [-0.05, 0) is 68.1 Å². The first kappa shape index (κ1) is 15.1. The molecule has 0 aliphatic carbocycles. The molecule has 0 radical (unpaired) electrons. The Bertz CT molecular complexity index is 756. The van der Waals surface area contributed by atoms with Gasteiger partial charge in [0.05, 0.1) is 0 Å². The van der Waals surface area contributed by atoms with Crippen LogP contribution < -0.4 is 4.74 Å². The summed E-state index contributed by atoms with van der Waals surface area (Å²) in [5.41, 5.74) is 1.31. The number of ether oxygens (including phenoxy) is 1. The molecule has 1 aromatic carbocycles. The number of aromatic nitrogens is 2. The first-order valence-corrected chi connectivity index (χ1v) is 8.26. The predicted octanol–water partition coefficient (Wildman–Crippen LogP) is 2.49. The van der Waals surface area contributed by atoms with Crippen molar-refractivity contribution in [3.8, 4) is 17.7 Å². The second kappa shape index (κ2) is 6.58. The molecule has 3 fully saturated rings. The van der Waals surface area contributed by atoms with Crippen molar-refractivity contribution in [2.75, 3.05) is 19.6 Å². The van der Waals surface area contributed by atoms with Gasteiger partial charge in [0.1, 0.15) is 17.6 Å². The number of piperidine rings is 3. The van der Waals surface area contributed by atoms with Crippen molar-refractivity contribution in [1.29, 1.82) is 0 Å². The summed E-state index contributed by atoms with van der Waals surface area (Å²) in [7, 11) is 0. The number of benzene rings is 1. The minimum atomic E-state index is -0.269. The number of halogens is 1. The van der Waals surface area contributed by atoms with Gasteiger partial charge in [0.2, 0.25) is 5.88 Å². The van der Waals surface area contributed by atoms with Crippen LogP contribution in [0.25, 0.3) is 0 Å². The highest BCUT2D eigenvalue weighted by atomic mass is 19.1. The molecule has 2 bridgehead atoms. The van der Waals surface area contributed by atoms with E-state index in [1.807, 2.05) is 6.07 Å². The molecule has 1 atom stereocenters. The molecule has 122 valence electrons. The summed E-state index contributed by atoms with van der Waals surface area (Å²) < 4.78 is 18.9. The molecule has 3 aliphatic rings. The number of hydrogen-bond donors (Lipinski definition) is 0. The van der Waals surface area contributed by atoms with E-state index in [9.17, 15) is 4.39 Å². The van der Waals surface area contributed by atoms with E-state index < -0.39 is 0 Å². The second-order valence-corrected chi connectivity index (χ2v) is 6.31. The Morgan fingerprint density at radius 3 is 2.42 bits per heavy atom. The molecule has 1 aromatic heterocycles. The zero-order valence-corrected chi connectivity index (χ0v) is 13.3. The summed E-state index contributed by atoms with van der Waals surface area (Å²) in [6.07, 6.45) is 2.64. The topological polar surface area (TPSA) is 38.2 Å². The van der Waals surface area contributed by atoms with E-state index in [-0.39, 0.29) is 11.9 Å². The van der Waals surface area contributed by atoms with Crippen LogP contribution in [0, 0.1) is 23.6 Å². The Labute approximate surface area is 140 Å². The number of hydrogen-bond acceptors (Lipinski definition) is 4. The third kappa shape index (κ3) is 3.39. The lowest BCUT2D eigenvalue weighted by Gasteiger charge is -2.44. The molecule has 2 aromatic rings. The molecule has 1 unspecified atom stereocenters. The smallest absolute Gasteiger partial charge is 0.233 e. The van der Waals surface area contributed by atoms with Crippen LogP contribution in [-0.4, -0.2) is 40.8 Å². The Balaban J connectivity index is 1.41. The number of nitrogens with zero attached hydrogens (tertiary/aromatic N) is 3. The largest absolute Gasteiger partial charge is 0.472 e. The summed E-state index contributed by atoms with van der Waals surface area (Å²) >= 11 is 0. The van der Waals surface area contributed by atoms with Crippen LogP contribution in [0.2, 0.25) is 0 Å². The zero-order chi connectivity index (χ0) is 16.4. The molecule has 0 N–H and O–H groups in total. The van der Waals surface area contributed by atoms with E-state index >= 15 is 0 Å². The third-order valence-corrected chi connectivity index (χ3v) is 4.69. The van der Waals surface area contributed by atoms with Crippen molar-refractivity contribution >= 4 is 0 Å². The lowest BCUT2D eigenvalue weighted by molar-refractivity contribution is -0.0104. The van der Waals surface area contributed by atoms with E-state index in [0.29, 0.717) is 17.5 Å². The highest BCUT2D eigenvalue weighted by molar-refractivity contribution is 5.39. The molecule has 5 heteroatoms. The molecule has 0 amide bonds. The molecular weight excluding hydrogens is 305 g/mol. The van der Waals surface area contributed by atoms with Crippen LogP contribution in [0.5, 0.6) is 5.88 Å². The van der Waals surface area contributed by atoms with Gasteiger partial charge in [0.25, 0.3) is 0 Å². The SMILES string of the molecule is Fc1ccc(C#Cc2ccc(OC3CN4CCC3CC4)nn2)cc1. The minimum Gasteiger partial charge on any atom is -0.472 e. The van der Waals surface area contributed by atoms with Crippen LogP contribution in [0.4, 0.5) is 4.39 Å². The van der Waals surface area contributed by atoms with Crippen molar-refractivity contribution in [1.82, 2.24) is 15.1 Å². The second-order valence-electron chi connectivity index (χ2n) is 6.31. The van der Waals surface area contributed by atoms with E-state index in [1.54, 1.807) is 18.2 Å². The molecule has 5 rings (SSSR count). The molecule has 0 saturated carbocycles. The van der Waals surface area contributed by atoms with Crippen LogP contribution >= 0.6 is 0 Å². The number of rotatable bonds is 2. The van der Waals surface area contributed by atoms with E-state index in [1.165, 1.54) is 38.1 Å². The number of fused-ring (bicyclic) bond motifs is 3. The van der Waals surface area contributed by atoms with Crippen molar-refractivity contribution < 1.29 is 9.13 Å². The van der Waals surface area contributed by atoms with Gasteiger partial charge in [0, 0.05) is 18.2 Å². The molecule has 3 saturated heterocycles. The van der Waals surface area contributed by atoms with Crippen LogP contribution in [0.15, 0.2) is 36.4 Å². The summed E-state index contributed by atoms with van der Waals surface area (Å²) in [4.78, 5) is 2.45. The van der Waals surface area contributed by atoms with Crippen LogP contribution in [0.1, 0.15) is 24.1 Å². The summed E-state index contributed by atoms with van der Waals surface area (Å²) in [5, 5.41) is 8.23. The van der Waals surface area contributed by atoms with Crippen LogP contribution in [-0.2, 0) is 0 Å². The fourth-order valence-corrected chi connectivity index (χ4v) is 3.32. The Morgan fingerprint density at radius 2 is 1.79 bits per heavy atom. The monoisotopic (exact) mass is 323 g/mol. The Hall–Kier alpha value is -2.45. The average molecular weight is 323 g/mol. The fraction of sp³-hybridized carbons (Fsp3) is 0.368. The maximum atomic E-state index is 12.9. The van der Waals surface area contributed by atoms with Gasteiger partial charge < -0.3 is 4.74 Å². The summed E-state index contributed by atoms with van der Waals surface area (Å²) in [5.74, 6) is 6.79. The minimum absolute atomic E-state index is 0.220. The molecule has 0 spiro atoms. The van der Waals surface area contributed by atoms with Crippen molar-refractivity contribution in [3.63, 3.8) is 0 Å². The lowest BCUT2D eigenvalue weighted by atomic mass is 9.86. The Kier molecular flexibility index (Phi) is 4.14. The first-order chi connectivity index (χ1) is 11.8. The normalized spacial score (nSPS) is 25.0. The molecule has 4 nitrogen and oxygen atoms in total. The third-order valence-electron chi connectivity index (χ3n) is 4.69. The molecular formula is C19H18FN3O. The van der Waals surface area contributed by atoms with Crippen LogP contribution in [0.3, 0.4) is 0 Å². The van der Waals surface area contributed by atoms with Crippen molar-refractivity contribution in [3.05, 3.63) is 53.5 Å². The van der Waals surface area contributed by atoms with Gasteiger partial charge in [-0.15, -0.1) is 10.2 Å². The Morgan fingerprint density at radius 1 is 1.00 bits per heavy atom. The highest BCUT2D eigenvalue weighted by Crippen LogP contribution is 2.29. The lowest BCUT2D eigenvalue weighted by Crippen LogP contribution is -2.52. The average Bonchev–Trinajstić information content (AvgIpc) is 2.63. The summed E-state index contributed by atoms with van der Waals surface area (Å²) in [6.45, 7) is 3.36. The molecule has 3 aliphatic heterocycles. The first-order valence-electron chi connectivity index (χ1n) is 8.26. The quantitative estimate of drug-likeness (QED) is 0.796. The standard InChI is InChI=1S/C19H18FN3O/c20-16-4-1-14(2-5-16)3-6-17-7-8-19(22-21-17)24-18-13-23-11-9-15(18)10-12-23/h1-2,4-5,7-8,15,18H,9-13H2. The maximum Gasteiger partial charge on any atom is 0.233 e. The van der Waals surface area contributed by atoms with E-state index in [2.05, 4.69) is 26.9 Å². The highest BCUT2D eigenvalue weighted by Gasteiger charge is 2.35. The van der Waals surface area contributed by atoms with Crippen molar-refractivity contribution in [2.45, 2.75) is 18.9 Å². The van der Waals surface area contributed by atoms with Gasteiger partial charge in [-0.2, -0.15) is 0 Å². The summed E-state index contributed by atoms with van der Waals surface area (Å²) in [6, 6.07) is 9.68. The maximum absolute atomic E-state index is 12.9. The zero-order valence-electron chi connectivity index (χ0n) is 13.3. The fourth-order valence-electron chi connectivity index (χ4n) is 3.32. The van der Waals surface area contributed by atoms with Crippen molar-refractivity contribution in [2.24, 2.45) is 5.92 Å². The van der Waals surface area contributed by atoms with Gasteiger partial charge in [-0.25, -0.2) is 4.39 Å². The predicted molar refractivity (Wildman–Crippen MR) is 88.0 cm³/mol. The van der Waals surface area contributed by atoms with Gasteiger partial charge in [-0.3, -0.25) is 4.90 Å². The van der Waals surface area contributed by atoms with Gasteiger partial charge >= 0.3 is 0 Å².